The standard InChI is InChI=1S/C19H26N4O2S/c1-19(2,3)20-18(24)23-11-5-6-14(12-23)17-22-21-16(26-17)13-7-9-15(25-4)10-8-13/h7-10,14H,5-6,11-12H2,1-4H3,(H,20,24). The maximum absolute atomic E-state index is 12.4. The fraction of sp³-hybridized carbons (Fsp3) is 0.526. The topological polar surface area (TPSA) is 67.4 Å². The predicted molar refractivity (Wildman–Crippen MR) is 104 cm³/mol. The molecule has 140 valence electrons. The van der Waals surface area contributed by atoms with Gasteiger partial charge in [-0.2, -0.15) is 0 Å². The predicted octanol–water partition coefficient (Wildman–Crippen LogP) is 3.90. The molecule has 26 heavy (non-hydrogen) atoms. The summed E-state index contributed by atoms with van der Waals surface area (Å²) in [6, 6.07) is 7.84. The van der Waals surface area contributed by atoms with Crippen molar-refractivity contribution in [2.45, 2.75) is 45.1 Å². The van der Waals surface area contributed by atoms with Crippen LogP contribution in [0.15, 0.2) is 24.3 Å². The van der Waals surface area contributed by atoms with E-state index in [0.29, 0.717) is 6.54 Å². The third-order valence-corrected chi connectivity index (χ3v) is 5.45. The first-order valence-electron chi connectivity index (χ1n) is 8.90. The van der Waals surface area contributed by atoms with Gasteiger partial charge in [-0.1, -0.05) is 11.3 Å². The number of likely N-dealkylation sites (tertiary alicyclic amines) is 1. The summed E-state index contributed by atoms with van der Waals surface area (Å²) >= 11 is 1.61. The van der Waals surface area contributed by atoms with E-state index in [0.717, 1.165) is 40.7 Å². The first-order chi connectivity index (χ1) is 12.4. The molecule has 1 aromatic carbocycles. The number of urea groups is 1. The van der Waals surface area contributed by atoms with Crippen molar-refractivity contribution < 1.29 is 9.53 Å². The third-order valence-electron chi connectivity index (χ3n) is 4.32. The second-order valence-corrected chi connectivity index (χ2v) is 8.65. The van der Waals surface area contributed by atoms with Crippen LogP contribution in [0, 0.1) is 0 Å². The number of hydrogen-bond donors (Lipinski definition) is 1. The number of carbonyl (C=O) groups excluding carboxylic acids is 1. The number of carbonyl (C=O) groups is 1. The van der Waals surface area contributed by atoms with E-state index in [9.17, 15) is 4.79 Å². The quantitative estimate of drug-likeness (QED) is 0.885. The molecule has 1 aromatic heterocycles. The van der Waals surface area contributed by atoms with E-state index >= 15 is 0 Å². The third kappa shape index (κ3) is 4.52. The molecule has 1 atom stereocenters. The van der Waals surface area contributed by atoms with E-state index in [1.54, 1.807) is 18.4 Å². The van der Waals surface area contributed by atoms with E-state index < -0.39 is 0 Å². The molecular weight excluding hydrogens is 348 g/mol. The van der Waals surface area contributed by atoms with Crippen molar-refractivity contribution in [2.24, 2.45) is 0 Å². The van der Waals surface area contributed by atoms with Crippen molar-refractivity contribution >= 4 is 17.4 Å². The molecular formula is C19H26N4O2S. The summed E-state index contributed by atoms with van der Waals surface area (Å²) in [5.74, 6) is 1.07. The number of nitrogens with one attached hydrogen (secondary N) is 1. The molecule has 0 radical (unpaired) electrons. The summed E-state index contributed by atoms with van der Waals surface area (Å²) in [6.45, 7) is 7.48. The highest BCUT2D eigenvalue weighted by atomic mass is 32.1. The van der Waals surface area contributed by atoms with Crippen LogP contribution in [0.4, 0.5) is 4.79 Å². The van der Waals surface area contributed by atoms with Gasteiger partial charge in [-0.05, 0) is 57.9 Å². The number of methoxy groups -OCH3 is 1. The number of aromatic nitrogens is 2. The molecule has 1 N–H and O–H groups in total. The van der Waals surface area contributed by atoms with Gasteiger partial charge < -0.3 is 15.0 Å². The maximum Gasteiger partial charge on any atom is 0.317 e. The van der Waals surface area contributed by atoms with Crippen LogP contribution in [0.2, 0.25) is 0 Å². The zero-order valence-electron chi connectivity index (χ0n) is 15.8. The zero-order chi connectivity index (χ0) is 18.7. The Morgan fingerprint density at radius 3 is 2.65 bits per heavy atom. The van der Waals surface area contributed by atoms with E-state index in [2.05, 4.69) is 15.5 Å². The molecule has 1 unspecified atom stereocenters. The Labute approximate surface area is 158 Å². The molecule has 7 heteroatoms. The van der Waals surface area contributed by atoms with Gasteiger partial charge in [0.2, 0.25) is 0 Å². The van der Waals surface area contributed by atoms with Gasteiger partial charge in [0.1, 0.15) is 15.8 Å². The highest BCUT2D eigenvalue weighted by Crippen LogP contribution is 2.33. The maximum atomic E-state index is 12.4. The van der Waals surface area contributed by atoms with Crippen LogP contribution in [0.5, 0.6) is 5.75 Å². The average Bonchev–Trinajstić information content (AvgIpc) is 3.10. The number of ether oxygens (including phenoxy) is 1. The Balaban J connectivity index is 1.69. The van der Waals surface area contributed by atoms with Gasteiger partial charge in [0, 0.05) is 30.1 Å². The van der Waals surface area contributed by atoms with Crippen LogP contribution in [0.25, 0.3) is 10.6 Å². The molecule has 0 saturated carbocycles. The van der Waals surface area contributed by atoms with E-state index in [4.69, 9.17) is 4.74 Å². The summed E-state index contributed by atoms with van der Waals surface area (Å²) in [4.78, 5) is 14.3. The molecule has 0 aliphatic carbocycles. The Bertz CT molecular complexity index is 752. The Morgan fingerprint density at radius 1 is 1.27 bits per heavy atom. The average molecular weight is 375 g/mol. The lowest BCUT2D eigenvalue weighted by Gasteiger charge is -2.34. The van der Waals surface area contributed by atoms with E-state index in [1.807, 2.05) is 49.9 Å². The van der Waals surface area contributed by atoms with Crippen LogP contribution in [-0.4, -0.2) is 46.9 Å². The van der Waals surface area contributed by atoms with Crippen LogP contribution in [0.1, 0.15) is 44.5 Å². The van der Waals surface area contributed by atoms with Gasteiger partial charge in [-0.15, -0.1) is 10.2 Å². The summed E-state index contributed by atoms with van der Waals surface area (Å²) in [5.41, 5.74) is 0.807. The lowest BCUT2D eigenvalue weighted by atomic mass is 9.99. The van der Waals surface area contributed by atoms with Crippen molar-refractivity contribution in [3.8, 4) is 16.3 Å². The molecule has 2 heterocycles. The molecule has 0 bridgehead atoms. The highest BCUT2D eigenvalue weighted by Gasteiger charge is 2.28. The minimum atomic E-state index is -0.228. The van der Waals surface area contributed by atoms with Gasteiger partial charge in [-0.25, -0.2) is 4.79 Å². The molecule has 2 aromatic rings. The van der Waals surface area contributed by atoms with Crippen molar-refractivity contribution in [3.63, 3.8) is 0 Å². The SMILES string of the molecule is COc1ccc(-c2nnc(C3CCCN(C(=O)NC(C)(C)C)C3)s2)cc1. The van der Waals surface area contributed by atoms with Gasteiger partial charge in [0.05, 0.1) is 7.11 Å². The minimum absolute atomic E-state index is 0.00194. The first kappa shape index (κ1) is 18.6. The lowest BCUT2D eigenvalue weighted by molar-refractivity contribution is 0.171. The van der Waals surface area contributed by atoms with Crippen LogP contribution in [0.3, 0.4) is 0 Å². The first-order valence-corrected chi connectivity index (χ1v) is 9.72. The van der Waals surface area contributed by atoms with Gasteiger partial charge >= 0.3 is 6.03 Å². The number of hydrogen-bond acceptors (Lipinski definition) is 5. The Hall–Kier alpha value is -2.15. The van der Waals surface area contributed by atoms with Crippen molar-refractivity contribution in [3.05, 3.63) is 29.3 Å². The number of nitrogens with zero attached hydrogens (tertiary/aromatic N) is 3. The molecule has 1 fully saturated rings. The number of amides is 2. The van der Waals surface area contributed by atoms with Crippen LogP contribution < -0.4 is 10.1 Å². The smallest absolute Gasteiger partial charge is 0.317 e. The normalized spacial score (nSPS) is 17.8. The summed E-state index contributed by atoms with van der Waals surface area (Å²) < 4.78 is 5.20. The molecule has 1 saturated heterocycles. The molecule has 1 aliphatic rings. The fourth-order valence-corrected chi connectivity index (χ4v) is 3.99. The van der Waals surface area contributed by atoms with Crippen molar-refractivity contribution in [1.29, 1.82) is 0 Å². The zero-order valence-corrected chi connectivity index (χ0v) is 16.6. The van der Waals surface area contributed by atoms with Crippen LogP contribution >= 0.6 is 11.3 Å². The number of benzene rings is 1. The Morgan fingerprint density at radius 2 is 2.00 bits per heavy atom. The summed E-state index contributed by atoms with van der Waals surface area (Å²) in [7, 11) is 1.66. The number of piperidine rings is 1. The molecule has 6 nitrogen and oxygen atoms in total. The monoisotopic (exact) mass is 374 g/mol. The van der Waals surface area contributed by atoms with Gasteiger partial charge in [0.15, 0.2) is 0 Å². The second-order valence-electron chi connectivity index (χ2n) is 7.64. The van der Waals surface area contributed by atoms with Crippen LogP contribution in [-0.2, 0) is 0 Å². The molecule has 0 spiro atoms. The van der Waals surface area contributed by atoms with Crippen molar-refractivity contribution in [2.75, 3.05) is 20.2 Å². The summed E-state index contributed by atoms with van der Waals surface area (Å²) in [6.07, 6.45) is 2.02. The largest absolute Gasteiger partial charge is 0.497 e. The van der Waals surface area contributed by atoms with Gasteiger partial charge in [0.25, 0.3) is 0 Å². The molecule has 3 rings (SSSR count). The Kier molecular flexibility index (Phi) is 5.46. The fourth-order valence-electron chi connectivity index (χ4n) is 3.01. The lowest BCUT2D eigenvalue weighted by Crippen LogP contribution is -2.51. The van der Waals surface area contributed by atoms with E-state index in [-0.39, 0.29) is 17.5 Å². The number of rotatable bonds is 3. The van der Waals surface area contributed by atoms with Crippen molar-refractivity contribution in [1.82, 2.24) is 20.4 Å². The highest BCUT2D eigenvalue weighted by molar-refractivity contribution is 7.14. The summed E-state index contributed by atoms with van der Waals surface area (Å²) in [5, 5.41) is 13.7. The van der Waals surface area contributed by atoms with E-state index in [1.165, 1.54) is 0 Å². The minimum Gasteiger partial charge on any atom is -0.497 e. The second kappa shape index (κ2) is 7.61. The van der Waals surface area contributed by atoms with Gasteiger partial charge in [-0.3, -0.25) is 0 Å². The molecule has 1 aliphatic heterocycles. The molecule has 2 amide bonds.